The zero-order valence-electron chi connectivity index (χ0n) is 14.4. The van der Waals surface area contributed by atoms with Crippen LogP contribution in [0.3, 0.4) is 0 Å². The van der Waals surface area contributed by atoms with Crippen LogP contribution in [0.25, 0.3) is 0 Å². The molecule has 1 amide bonds. The predicted octanol–water partition coefficient (Wildman–Crippen LogP) is 1.53. The van der Waals surface area contributed by atoms with Crippen LogP contribution in [0, 0.1) is 5.92 Å². The molecule has 7 nitrogen and oxygen atoms in total. The molecule has 1 N–H and O–H groups in total. The number of nitrogens with zero attached hydrogens (tertiary/aromatic N) is 1. The number of methoxy groups -OCH3 is 1. The third-order valence-electron chi connectivity index (χ3n) is 4.91. The number of carboxylic acids is 1. The zero-order chi connectivity index (χ0) is 19.8. The number of amides is 1. The van der Waals surface area contributed by atoms with Gasteiger partial charge in [0.05, 0.1) is 23.8 Å². The number of ether oxygens (including phenoxy) is 1. The number of benzene rings is 1. The third kappa shape index (κ3) is 3.27. The first kappa shape index (κ1) is 19.6. The van der Waals surface area contributed by atoms with Crippen molar-refractivity contribution in [2.45, 2.75) is 34.0 Å². The van der Waals surface area contributed by atoms with E-state index in [4.69, 9.17) is 11.6 Å². The topological polar surface area (TPSA) is 101 Å². The Hall–Kier alpha value is -2.19. The van der Waals surface area contributed by atoms with Gasteiger partial charge in [-0.25, -0.2) is 9.59 Å². The molecule has 0 aliphatic carbocycles. The van der Waals surface area contributed by atoms with Crippen molar-refractivity contribution in [3.8, 4) is 0 Å². The predicted molar refractivity (Wildman–Crippen MR) is 97.4 cm³/mol. The van der Waals surface area contributed by atoms with Gasteiger partial charge in [-0.3, -0.25) is 9.00 Å². The Bertz CT molecular complexity index is 828. The molecule has 1 aromatic carbocycles. The molecule has 144 valence electrons. The number of carboxylic acid groups (broad SMARTS) is 1. The van der Waals surface area contributed by atoms with Crippen LogP contribution in [-0.4, -0.2) is 55.5 Å². The molecule has 27 heavy (non-hydrogen) atoms. The van der Waals surface area contributed by atoms with Gasteiger partial charge in [-0.15, -0.1) is 11.6 Å². The minimum Gasteiger partial charge on any atom is -0.480 e. The molecule has 0 bridgehead atoms. The molecule has 4 unspecified atom stereocenters. The number of alkyl halides is 1. The maximum absolute atomic E-state index is 13.1. The van der Waals surface area contributed by atoms with E-state index >= 15 is 0 Å². The Morgan fingerprint density at radius 1 is 1.41 bits per heavy atom. The minimum atomic E-state index is -1.82. The van der Waals surface area contributed by atoms with Crippen LogP contribution >= 0.6 is 11.6 Å². The van der Waals surface area contributed by atoms with Gasteiger partial charge < -0.3 is 14.7 Å². The molecule has 3 rings (SSSR count). The fraction of sp³-hybridized carbons (Fsp3) is 0.389. The van der Waals surface area contributed by atoms with Crippen molar-refractivity contribution in [3.05, 3.63) is 42.5 Å². The summed E-state index contributed by atoms with van der Waals surface area (Å²) in [4.78, 5) is 37.1. The standard InChI is InChI=1S/C18H18ClNO6S/c1-26-14(21)9-5-8-12-13-10-18(19,15(17(23)24)20(13)16(12)22)27(25)11-6-3-2-4-7-11/h2-7,9,12-13,15H,8,10H2,1H3,(H,23,24)/t12?,13?,15-,18?,27?/m0/s1. The number of allylic oxidation sites excluding steroid dienone is 1. The number of fused-ring (bicyclic) bond motifs is 1. The van der Waals surface area contributed by atoms with Gasteiger partial charge in [0.1, 0.15) is 0 Å². The summed E-state index contributed by atoms with van der Waals surface area (Å²) < 4.78 is 15.9. The lowest BCUT2D eigenvalue weighted by molar-refractivity contribution is -0.163. The molecular weight excluding hydrogens is 394 g/mol. The quantitative estimate of drug-likeness (QED) is 0.330. The van der Waals surface area contributed by atoms with Crippen molar-refractivity contribution >= 4 is 40.2 Å². The lowest BCUT2D eigenvalue weighted by Crippen LogP contribution is -2.62. The summed E-state index contributed by atoms with van der Waals surface area (Å²) in [5, 5.41) is 9.66. The average Bonchev–Trinajstić information content (AvgIpc) is 2.95. The van der Waals surface area contributed by atoms with Crippen molar-refractivity contribution in [1.29, 1.82) is 0 Å². The maximum Gasteiger partial charge on any atom is 0.330 e. The number of carbonyl (C=O) groups excluding carboxylic acids is 2. The van der Waals surface area contributed by atoms with Gasteiger partial charge in [0.25, 0.3) is 0 Å². The summed E-state index contributed by atoms with van der Waals surface area (Å²) in [6, 6.07) is 6.56. The number of rotatable bonds is 6. The number of hydrogen-bond donors (Lipinski definition) is 1. The summed E-state index contributed by atoms with van der Waals surface area (Å²) in [6.45, 7) is 0. The molecule has 9 heteroatoms. The molecule has 2 aliphatic heterocycles. The van der Waals surface area contributed by atoms with Crippen molar-refractivity contribution in [2.75, 3.05) is 7.11 Å². The zero-order valence-corrected chi connectivity index (χ0v) is 16.0. The van der Waals surface area contributed by atoms with E-state index in [2.05, 4.69) is 4.74 Å². The second-order valence-electron chi connectivity index (χ2n) is 6.39. The average molecular weight is 412 g/mol. The molecule has 1 aromatic rings. The second kappa shape index (κ2) is 7.44. The van der Waals surface area contributed by atoms with Crippen LogP contribution in [-0.2, 0) is 29.9 Å². The van der Waals surface area contributed by atoms with E-state index in [1.807, 2.05) is 0 Å². The lowest BCUT2D eigenvalue weighted by Gasteiger charge is -2.44. The highest BCUT2D eigenvalue weighted by Gasteiger charge is 2.67. The fourth-order valence-corrected chi connectivity index (χ4v) is 5.81. The van der Waals surface area contributed by atoms with E-state index in [0.29, 0.717) is 4.90 Å². The smallest absolute Gasteiger partial charge is 0.330 e. The van der Waals surface area contributed by atoms with Crippen LogP contribution in [0.2, 0.25) is 0 Å². The van der Waals surface area contributed by atoms with E-state index in [1.165, 1.54) is 24.2 Å². The summed E-state index contributed by atoms with van der Waals surface area (Å²) in [6.07, 6.45) is 3.08. The molecule has 5 atom stereocenters. The first-order valence-electron chi connectivity index (χ1n) is 8.26. The molecule has 2 heterocycles. The van der Waals surface area contributed by atoms with Gasteiger partial charge in [-0.1, -0.05) is 24.3 Å². The Balaban J connectivity index is 1.85. The van der Waals surface area contributed by atoms with E-state index in [0.717, 1.165) is 0 Å². The number of esters is 1. The number of hydrogen-bond acceptors (Lipinski definition) is 5. The number of carbonyl (C=O) groups is 3. The van der Waals surface area contributed by atoms with E-state index in [1.54, 1.807) is 30.3 Å². The fourth-order valence-electron chi connectivity index (χ4n) is 3.65. The van der Waals surface area contributed by atoms with Gasteiger partial charge in [0.15, 0.2) is 10.2 Å². The molecular formula is C18H18ClNO6S. The Morgan fingerprint density at radius 3 is 2.67 bits per heavy atom. The van der Waals surface area contributed by atoms with Crippen molar-refractivity contribution < 1.29 is 28.4 Å². The van der Waals surface area contributed by atoms with Gasteiger partial charge >= 0.3 is 11.9 Å². The van der Waals surface area contributed by atoms with Crippen molar-refractivity contribution in [1.82, 2.24) is 4.90 Å². The van der Waals surface area contributed by atoms with E-state index in [-0.39, 0.29) is 18.7 Å². The van der Waals surface area contributed by atoms with Gasteiger partial charge in [-0.05, 0) is 18.6 Å². The number of β-lactam (4-membered cyclic amide) rings is 1. The second-order valence-corrected chi connectivity index (χ2v) is 9.03. The highest BCUT2D eigenvalue weighted by molar-refractivity contribution is 7.88. The van der Waals surface area contributed by atoms with Crippen LogP contribution in [0.5, 0.6) is 0 Å². The first-order valence-corrected chi connectivity index (χ1v) is 9.79. The Morgan fingerprint density at radius 2 is 2.07 bits per heavy atom. The van der Waals surface area contributed by atoms with Crippen LogP contribution in [0.15, 0.2) is 47.4 Å². The van der Waals surface area contributed by atoms with Crippen LogP contribution < -0.4 is 0 Å². The maximum atomic E-state index is 13.1. The van der Waals surface area contributed by atoms with Gasteiger partial charge in [-0.2, -0.15) is 0 Å². The first-order chi connectivity index (χ1) is 12.8. The summed E-state index contributed by atoms with van der Waals surface area (Å²) in [5.41, 5.74) is 0. The molecule has 2 saturated heterocycles. The normalized spacial score (nSPS) is 30.7. The number of halogens is 1. The van der Waals surface area contributed by atoms with Gasteiger partial charge in [0.2, 0.25) is 5.91 Å². The largest absolute Gasteiger partial charge is 0.480 e. The van der Waals surface area contributed by atoms with E-state index < -0.39 is 44.9 Å². The number of aliphatic carboxylic acids is 1. The van der Waals surface area contributed by atoms with Crippen molar-refractivity contribution in [2.24, 2.45) is 5.92 Å². The summed E-state index contributed by atoms with van der Waals surface area (Å²) >= 11 is 6.62. The van der Waals surface area contributed by atoms with E-state index in [9.17, 15) is 23.7 Å². The van der Waals surface area contributed by atoms with Gasteiger partial charge in [0, 0.05) is 23.4 Å². The molecule has 2 fully saturated rings. The molecule has 0 aromatic heterocycles. The Labute approximate surface area is 163 Å². The molecule has 0 spiro atoms. The molecule has 2 aliphatic rings. The van der Waals surface area contributed by atoms with Crippen LogP contribution in [0.4, 0.5) is 0 Å². The lowest BCUT2D eigenvalue weighted by atomic mass is 9.85. The third-order valence-corrected chi connectivity index (χ3v) is 7.40. The summed E-state index contributed by atoms with van der Waals surface area (Å²) in [7, 11) is -0.574. The van der Waals surface area contributed by atoms with Crippen LogP contribution in [0.1, 0.15) is 12.8 Å². The Kier molecular flexibility index (Phi) is 5.39. The summed E-state index contributed by atoms with van der Waals surface area (Å²) in [5.74, 6) is -2.69. The highest BCUT2D eigenvalue weighted by atomic mass is 35.5. The SMILES string of the molecule is COC(=O)C=CCC1C(=O)N2C1CC(Cl)(S(=O)c1ccccc1)[C@@H]2C(=O)O. The highest BCUT2D eigenvalue weighted by Crippen LogP contribution is 2.51. The minimum absolute atomic E-state index is 0.0928. The molecule has 0 radical (unpaired) electrons. The monoisotopic (exact) mass is 411 g/mol. The van der Waals surface area contributed by atoms with Crippen molar-refractivity contribution in [3.63, 3.8) is 0 Å². The molecule has 0 saturated carbocycles.